The van der Waals surface area contributed by atoms with Crippen molar-refractivity contribution in [1.29, 1.82) is 0 Å². The number of hydrogen-bond donors (Lipinski definition) is 0. The van der Waals surface area contributed by atoms with E-state index in [0.29, 0.717) is 0 Å². The SMILES string of the molecule is CC(=O)C1=C(C)N(C)/C(=C\C(=S)c2ccccc2)S1. The molecule has 98 valence electrons. The summed E-state index contributed by atoms with van der Waals surface area (Å²) >= 11 is 6.92. The van der Waals surface area contributed by atoms with Crippen molar-refractivity contribution in [2.45, 2.75) is 13.8 Å². The third kappa shape index (κ3) is 2.96. The molecule has 19 heavy (non-hydrogen) atoms. The fraction of sp³-hybridized carbons (Fsp3) is 0.200. The second kappa shape index (κ2) is 5.72. The van der Waals surface area contributed by atoms with Crippen molar-refractivity contribution >= 4 is 34.6 Å². The summed E-state index contributed by atoms with van der Waals surface area (Å²) in [6, 6.07) is 9.89. The van der Waals surface area contributed by atoms with Crippen LogP contribution in [-0.4, -0.2) is 22.6 Å². The summed E-state index contributed by atoms with van der Waals surface area (Å²) in [6.45, 7) is 3.55. The van der Waals surface area contributed by atoms with Crippen LogP contribution >= 0.6 is 24.0 Å². The molecule has 0 bridgehead atoms. The number of thiocarbonyl (C=S) groups is 1. The molecule has 2 nitrogen and oxygen atoms in total. The van der Waals surface area contributed by atoms with Gasteiger partial charge in [-0.3, -0.25) is 4.79 Å². The number of allylic oxidation sites excluding steroid dienone is 3. The normalized spacial score (nSPS) is 17.2. The average molecular weight is 289 g/mol. The Morgan fingerprint density at radius 1 is 1.32 bits per heavy atom. The number of thioether (sulfide) groups is 1. The summed E-state index contributed by atoms with van der Waals surface area (Å²) in [4.78, 5) is 15.1. The van der Waals surface area contributed by atoms with Crippen molar-refractivity contribution in [2.24, 2.45) is 0 Å². The zero-order valence-corrected chi connectivity index (χ0v) is 12.8. The van der Waals surface area contributed by atoms with E-state index in [1.807, 2.05) is 55.3 Å². The van der Waals surface area contributed by atoms with Crippen LogP contribution in [0.15, 0.2) is 52.0 Å². The Balaban J connectivity index is 2.24. The molecule has 0 amide bonds. The van der Waals surface area contributed by atoms with E-state index in [0.717, 1.165) is 26.1 Å². The van der Waals surface area contributed by atoms with Crippen LogP contribution in [0.2, 0.25) is 0 Å². The van der Waals surface area contributed by atoms with Gasteiger partial charge in [0.25, 0.3) is 0 Å². The highest BCUT2D eigenvalue weighted by atomic mass is 32.2. The van der Waals surface area contributed by atoms with Gasteiger partial charge in [-0.15, -0.1) is 0 Å². The molecule has 0 aliphatic carbocycles. The van der Waals surface area contributed by atoms with Gasteiger partial charge in [-0.2, -0.15) is 0 Å². The number of carbonyl (C=O) groups is 1. The second-order valence-corrected chi connectivity index (χ2v) is 5.82. The molecule has 0 saturated heterocycles. The van der Waals surface area contributed by atoms with Crippen molar-refractivity contribution < 1.29 is 4.79 Å². The van der Waals surface area contributed by atoms with Gasteiger partial charge in [0.1, 0.15) is 0 Å². The summed E-state index contributed by atoms with van der Waals surface area (Å²) in [5.41, 5.74) is 2.01. The van der Waals surface area contributed by atoms with Crippen LogP contribution in [0.1, 0.15) is 19.4 Å². The minimum atomic E-state index is 0.100. The van der Waals surface area contributed by atoms with Gasteiger partial charge in [0.15, 0.2) is 5.78 Å². The predicted octanol–water partition coefficient (Wildman–Crippen LogP) is 3.75. The van der Waals surface area contributed by atoms with E-state index >= 15 is 0 Å². The maximum Gasteiger partial charge on any atom is 0.168 e. The first-order valence-corrected chi connectivity index (χ1v) is 7.17. The van der Waals surface area contributed by atoms with Crippen LogP contribution in [0.25, 0.3) is 0 Å². The monoisotopic (exact) mass is 289 g/mol. The molecular formula is C15H15NOS2. The van der Waals surface area contributed by atoms with Crippen molar-refractivity contribution in [3.8, 4) is 0 Å². The van der Waals surface area contributed by atoms with Gasteiger partial charge in [-0.25, -0.2) is 0 Å². The second-order valence-electron chi connectivity index (χ2n) is 4.34. The fourth-order valence-corrected chi connectivity index (χ4v) is 3.23. The van der Waals surface area contributed by atoms with E-state index in [2.05, 4.69) is 0 Å². The molecule has 1 heterocycles. The van der Waals surface area contributed by atoms with Gasteiger partial charge in [0.05, 0.1) is 9.93 Å². The molecule has 0 spiro atoms. The van der Waals surface area contributed by atoms with Gasteiger partial charge in [0, 0.05) is 17.6 Å². The Labute approximate surface area is 123 Å². The molecule has 0 fully saturated rings. The standard InChI is InChI=1S/C15H15NOS2/c1-10-15(11(2)17)19-14(16(10)3)9-13(18)12-7-5-4-6-8-12/h4-9H,1-3H3/b14-9+. The Morgan fingerprint density at radius 2 is 1.95 bits per heavy atom. The quantitative estimate of drug-likeness (QED) is 0.479. The third-order valence-corrected chi connectivity index (χ3v) is 4.74. The Hall–Kier alpha value is -1.39. The molecule has 0 atom stereocenters. The molecule has 0 N–H and O–H groups in total. The molecule has 0 saturated carbocycles. The van der Waals surface area contributed by atoms with Gasteiger partial charge in [-0.1, -0.05) is 54.3 Å². The molecule has 2 rings (SSSR count). The first-order valence-electron chi connectivity index (χ1n) is 5.95. The molecule has 0 aromatic heterocycles. The smallest absolute Gasteiger partial charge is 0.168 e. The van der Waals surface area contributed by atoms with Crippen LogP contribution in [0.5, 0.6) is 0 Å². The molecule has 1 aliphatic heterocycles. The van der Waals surface area contributed by atoms with Gasteiger partial charge < -0.3 is 4.90 Å². The summed E-state index contributed by atoms with van der Waals surface area (Å²) in [5, 5.41) is 0.997. The first-order chi connectivity index (χ1) is 9.00. The molecule has 1 aromatic rings. The molecule has 0 unspecified atom stereocenters. The number of hydrogen-bond acceptors (Lipinski definition) is 4. The van der Waals surface area contributed by atoms with E-state index in [-0.39, 0.29) is 5.78 Å². The lowest BCUT2D eigenvalue weighted by atomic mass is 10.1. The van der Waals surface area contributed by atoms with Gasteiger partial charge >= 0.3 is 0 Å². The van der Waals surface area contributed by atoms with E-state index in [1.165, 1.54) is 11.8 Å². The van der Waals surface area contributed by atoms with Gasteiger partial charge in [-0.05, 0) is 25.5 Å². The number of carbonyl (C=O) groups excluding carboxylic acids is 1. The average Bonchev–Trinajstić information content (AvgIpc) is 2.68. The largest absolute Gasteiger partial charge is 0.342 e. The number of nitrogens with zero attached hydrogens (tertiary/aromatic N) is 1. The molecule has 1 aliphatic rings. The Bertz CT molecular complexity index is 587. The Kier molecular flexibility index (Phi) is 4.22. The lowest BCUT2D eigenvalue weighted by Gasteiger charge is -2.14. The Morgan fingerprint density at radius 3 is 2.47 bits per heavy atom. The van der Waals surface area contributed by atoms with Crippen molar-refractivity contribution in [3.05, 3.63) is 57.6 Å². The fourth-order valence-electron chi connectivity index (χ4n) is 1.82. The maximum absolute atomic E-state index is 11.5. The topological polar surface area (TPSA) is 20.3 Å². The zero-order chi connectivity index (χ0) is 14.0. The predicted molar refractivity (Wildman–Crippen MR) is 85.0 cm³/mol. The summed E-state index contributed by atoms with van der Waals surface area (Å²) < 4.78 is 0. The van der Waals surface area contributed by atoms with Gasteiger partial charge in [0.2, 0.25) is 0 Å². The van der Waals surface area contributed by atoms with Crippen LogP contribution in [0, 0.1) is 0 Å². The van der Waals surface area contributed by atoms with Crippen LogP contribution in [0.3, 0.4) is 0 Å². The number of rotatable bonds is 3. The highest BCUT2D eigenvalue weighted by molar-refractivity contribution is 8.07. The summed E-state index contributed by atoms with van der Waals surface area (Å²) in [7, 11) is 1.96. The highest BCUT2D eigenvalue weighted by Crippen LogP contribution is 2.40. The summed E-state index contributed by atoms with van der Waals surface area (Å²) in [6.07, 6.45) is 1.95. The van der Waals surface area contributed by atoms with Crippen molar-refractivity contribution in [1.82, 2.24) is 4.90 Å². The maximum atomic E-state index is 11.5. The van der Waals surface area contributed by atoms with Crippen LogP contribution in [0.4, 0.5) is 0 Å². The minimum absolute atomic E-state index is 0.100. The number of benzene rings is 1. The van der Waals surface area contributed by atoms with E-state index < -0.39 is 0 Å². The van der Waals surface area contributed by atoms with E-state index in [1.54, 1.807) is 6.92 Å². The molecule has 4 heteroatoms. The van der Waals surface area contributed by atoms with Crippen LogP contribution in [-0.2, 0) is 4.79 Å². The molecule has 0 radical (unpaired) electrons. The summed E-state index contributed by atoms with van der Waals surface area (Å²) in [5.74, 6) is 0.100. The van der Waals surface area contributed by atoms with E-state index in [4.69, 9.17) is 12.2 Å². The van der Waals surface area contributed by atoms with E-state index in [9.17, 15) is 4.79 Å². The lowest BCUT2D eigenvalue weighted by molar-refractivity contribution is -0.113. The molecular weight excluding hydrogens is 274 g/mol. The van der Waals surface area contributed by atoms with Crippen LogP contribution < -0.4 is 0 Å². The highest BCUT2D eigenvalue weighted by Gasteiger charge is 2.25. The molecule has 1 aromatic carbocycles. The lowest BCUT2D eigenvalue weighted by Crippen LogP contribution is -2.10. The third-order valence-electron chi connectivity index (χ3n) is 3.00. The number of ketones is 1. The van der Waals surface area contributed by atoms with Crippen molar-refractivity contribution in [3.63, 3.8) is 0 Å². The number of Topliss-reactive ketones (excluding diaryl/α,β-unsaturated/α-hetero) is 1. The zero-order valence-electron chi connectivity index (χ0n) is 11.1. The van der Waals surface area contributed by atoms with Crippen molar-refractivity contribution in [2.75, 3.05) is 7.05 Å². The first kappa shape index (κ1) is 14.0. The minimum Gasteiger partial charge on any atom is -0.342 e.